The molecule has 0 aromatic carbocycles. The van der Waals surface area contributed by atoms with Gasteiger partial charge in [-0.15, -0.1) is 6.58 Å². The van der Waals surface area contributed by atoms with E-state index < -0.39 is 0 Å². The van der Waals surface area contributed by atoms with Crippen LogP contribution in [0.5, 0.6) is 0 Å². The molecule has 0 fully saturated rings. The van der Waals surface area contributed by atoms with Gasteiger partial charge in [0.1, 0.15) is 0 Å². The normalized spacial score (nSPS) is 13.2. The van der Waals surface area contributed by atoms with Crippen molar-refractivity contribution in [1.82, 2.24) is 0 Å². The zero-order chi connectivity index (χ0) is 6.41. The average molecular weight is 129 g/mol. The lowest BCUT2D eigenvalue weighted by Crippen LogP contribution is -1.88. The molecule has 0 rings (SSSR count). The van der Waals surface area contributed by atoms with E-state index in [1.165, 1.54) is 6.42 Å². The summed E-state index contributed by atoms with van der Waals surface area (Å²) >= 11 is 4.13. The summed E-state index contributed by atoms with van der Waals surface area (Å²) < 4.78 is 0. The average Bonchev–Trinajstić information content (AvgIpc) is 1.66. The molecule has 8 heavy (non-hydrogen) atoms. The molecule has 0 spiro atoms. The molecule has 1 radical (unpaired) electrons. The van der Waals surface area contributed by atoms with Gasteiger partial charge in [-0.3, -0.25) is 0 Å². The third kappa shape index (κ3) is 6.09. The van der Waals surface area contributed by atoms with Gasteiger partial charge in [-0.05, 0) is 26.2 Å². The van der Waals surface area contributed by atoms with Gasteiger partial charge in [-0.2, -0.15) is 12.6 Å². The Hall–Kier alpha value is 0.0900. The van der Waals surface area contributed by atoms with E-state index in [0.29, 0.717) is 5.25 Å². The van der Waals surface area contributed by atoms with Crippen molar-refractivity contribution in [3.05, 3.63) is 19.6 Å². The van der Waals surface area contributed by atoms with E-state index in [-0.39, 0.29) is 0 Å². The van der Waals surface area contributed by atoms with Gasteiger partial charge in [0.25, 0.3) is 0 Å². The second-order valence-corrected chi connectivity index (χ2v) is 2.60. The Labute approximate surface area is 57.4 Å². The Kier molecular flexibility index (Phi) is 5.29. The number of unbranched alkanes of at least 4 members (excludes halogenated alkanes) is 1. The summed E-state index contributed by atoms with van der Waals surface area (Å²) in [4.78, 5) is 0. The van der Waals surface area contributed by atoms with Crippen molar-refractivity contribution < 1.29 is 0 Å². The van der Waals surface area contributed by atoms with Crippen molar-refractivity contribution in [2.24, 2.45) is 0 Å². The van der Waals surface area contributed by atoms with Gasteiger partial charge < -0.3 is 0 Å². The Morgan fingerprint density at radius 1 is 1.62 bits per heavy atom. The van der Waals surface area contributed by atoms with E-state index in [4.69, 9.17) is 0 Å². The van der Waals surface area contributed by atoms with E-state index in [2.05, 4.69) is 26.1 Å². The third-order valence-corrected chi connectivity index (χ3v) is 1.20. The molecule has 0 aliphatic carbocycles. The van der Waals surface area contributed by atoms with Crippen LogP contribution >= 0.6 is 12.6 Å². The summed E-state index contributed by atoms with van der Waals surface area (Å²) in [5.41, 5.74) is 0. The molecular formula is C7H13S. The zero-order valence-corrected chi connectivity index (χ0v) is 6.03. The fourth-order valence-electron chi connectivity index (χ4n) is 0.498. The van der Waals surface area contributed by atoms with Crippen molar-refractivity contribution in [2.75, 3.05) is 0 Å². The van der Waals surface area contributed by atoms with Crippen molar-refractivity contribution in [3.8, 4) is 0 Å². The molecule has 0 nitrogen and oxygen atoms in total. The summed E-state index contributed by atoms with van der Waals surface area (Å²) in [6.07, 6.45) is 5.28. The van der Waals surface area contributed by atoms with Gasteiger partial charge in [0, 0.05) is 5.25 Å². The van der Waals surface area contributed by atoms with Crippen LogP contribution in [0.15, 0.2) is 12.7 Å². The van der Waals surface area contributed by atoms with Gasteiger partial charge in [0.15, 0.2) is 0 Å². The van der Waals surface area contributed by atoms with Crippen LogP contribution in [0.2, 0.25) is 0 Å². The lowest BCUT2D eigenvalue weighted by Gasteiger charge is -1.98. The minimum Gasteiger partial charge on any atom is -0.176 e. The molecule has 0 heterocycles. The first-order valence-corrected chi connectivity index (χ1v) is 3.41. The van der Waals surface area contributed by atoms with Gasteiger partial charge in [0.05, 0.1) is 0 Å². The van der Waals surface area contributed by atoms with Crippen LogP contribution in [0, 0.1) is 6.92 Å². The molecule has 0 amide bonds. The van der Waals surface area contributed by atoms with E-state index in [1.807, 2.05) is 6.08 Å². The molecular weight excluding hydrogens is 116 g/mol. The van der Waals surface area contributed by atoms with Crippen LogP contribution in [0.25, 0.3) is 0 Å². The largest absolute Gasteiger partial charge is 0.176 e. The number of rotatable bonds is 4. The first kappa shape index (κ1) is 8.09. The predicted molar refractivity (Wildman–Crippen MR) is 42.2 cm³/mol. The summed E-state index contributed by atoms with van der Waals surface area (Å²) in [5, 5.41) is 0.301. The highest BCUT2D eigenvalue weighted by atomic mass is 32.1. The van der Waals surface area contributed by atoms with Crippen molar-refractivity contribution in [2.45, 2.75) is 24.5 Å². The van der Waals surface area contributed by atoms with Crippen LogP contribution in [-0.4, -0.2) is 5.25 Å². The zero-order valence-electron chi connectivity index (χ0n) is 5.14. The second kappa shape index (κ2) is 5.23. The molecule has 0 bridgehead atoms. The lowest BCUT2D eigenvalue weighted by molar-refractivity contribution is 0.774. The quantitative estimate of drug-likeness (QED) is 0.336. The monoisotopic (exact) mass is 129 g/mol. The summed E-state index contributed by atoms with van der Waals surface area (Å²) in [6, 6.07) is 0. The van der Waals surface area contributed by atoms with Gasteiger partial charge in [-0.25, -0.2) is 0 Å². The van der Waals surface area contributed by atoms with Crippen LogP contribution in [-0.2, 0) is 0 Å². The molecule has 0 aliphatic rings. The van der Waals surface area contributed by atoms with E-state index in [1.54, 1.807) is 0 Å². The van der Waals surface area contributed by atoms with Crippen LogP contribution < -0.4 is 0 Å². The molecule has 0 saturated heterocycles. The SMILES string of the molecule is [CH2]C(S)CCCC=C. The topological polar surface area (TPSA) is 0 Å². The lowest BCUT2D eigenvalue weighted by atomic mass is 10.2. The first-order valence-electron chi connectivity index (χ1n) is 2.89. The smallest absolute Gasteiger partial charge is 0.00173 e. The van der Waals surface area contributed by atoms with Crippen LogP contribution in [0.4, 0.5) is 0 Å². The van der Waals surface area contributed by atoms with Gasteiger partial charge in [-0.1, -0.05) is 6.08 Å². The molecule has 47 valence electrons. The van der Waals surface area contributed by atoms with Crippen molar-refractivity contribution in [3.63, 3.8) is 0 Å². The minimum absolute atomic E-state index is 0.301. The fourth-order valence-corrected chi connectivity index (χ4v) is 0.680. The second-order valence-electron chi connectivity index (χ2n) is 1.87. The third-order valence-electron chi connectivity index (χ3n) is 0.946. The van der Waals surface area contributed by atoms with Gasteiger partial charge >= 0.3 is 0 Å². The fraction of sp³-hybridized carbons (Fsp3) is 0.571. The van der Waals surface area contributed by atoms with Crippen LogP contribution in [0.1, 0.15) is 19.3 Å². The van der Waals surface area contributed by atoms with Gasteiger partial charge in [0.2, 0.25) is 0 Å². The summed E-state index contributed by atoms with van der Waals surface area (Å²) in [6.45, 7) is 7.35. The molecule has 0 aliphatic heterocycles. The van der Waals surface area contributed by atoms with Crippen molar-refractivity contribution in [1.29, 1.82) is 0 Å². The number of allylic oxidation sites excluding steroid dienone is 1. The highest BCUT2D eigenvalue weighted by molar-refractivity contribution is 7.81. The summed E-state index contributed by atoms with van der Waals surface area (Å²) in [5.74, 6) is 0. The number of thiol groups is 1. The van der Waals surface area contributed by atoms with Crippen molar-refractivity contribution >= 4 is 12.6 Å². The standard InChI is InChI=1S/C7H13S/c1-3-4-5-6-7(2)8/h3,7-8H,1-2,4-6H2. The highest BCUT2D eigenvalue weighted by Gasteiger charge is 1.90. The molecule has 0 aromatic rings. The predicted octanol–water partition coefficient (Wildman–Crippen LogP) is 2.48. The molecule has 1 atom stereocenters. The molecule has 0 aromatic heterocycles. The van der Waals surface area contributed by atoms with E-state index in [0.717, 1.165) is 12.8 Å². The Morgan fingerprint density at radius 2 is 2.25 bits per heavy atom. The Morgan fingerprint density at radius 3 is 2.62 bits per heavy atom. The molecule has 0 saturated carbocycles. The summed E-state index contributed by atoms with van der Waals surface area (Å²) in [7, 11) is 0. The molecule has 1 heteroatoms. The maximum atomic E-state index is 4.13. The van der Waals surface area contributed by atoms with Crippen LogP contribution in [0.3, 0.4) is 0 Å². The number of hydrogen-bond acceptors (Lipinski definition) is 1. The maximum Gasteiger partial charge on any atom is 0.00173 e. The molecule has 0 N–H and O–H groups in total. The highest BCUT2D eigenvalue weighted by Crippen LogP contribution is 2.04. The van der Waals surface area contributed by atoms with E-state index in [9.17, 15) is 0 Å². The number of hydrogen-bond donors (Lipinski definition) is 1. The van der Waals surface area contributed by atoms with E-state index >= 15 is 0 Å². The Balaban J connectivity index is 2.81. The maximum absolute atomic E-state index is 4.13. The molecule has 1 unspecified atom stereocenters. The first-order chi connectivity index (χ1) is 3.77. The minimum atomic E-state index is 0.301. The Bertz CT molecular complexity index is 57.4.